The molecule has 1 fully saturated rings. The van der Waals surface area contributed by atoms with Crippen molar-refractivity contribution in [3.8, 4) is 11.4 Å². The number of amides is 1. The van der Waals surface area contributed by atoms with Gasteiger partial charge in [0.15, 0.2) is 15.5 Å². The van der Waals surface area contributed by atoms with E-state index in [-0.39, 0.29) is 28.7 Å². The average Bonchev–Trinajstić information content (AvgIpc) is 3.24. The molecule has 1 N–H and O–H groups in total. The van der Waals surface area contributed by atoms with Gasteiger partial charge in [0.05, 0.1) is 34.0 Å². The summed E-state index contributed by atoms with van der Waals surface area (Å²) in [6.07, 6.45) is 1.75. The Morgan fingerprint density at radius 2 is 2.03 bits per heavy atom. The quantitative estimate of drug-likeness (QED) is 0.582. The number of nitrogens with zero attached hydrogens (tertiary/aromatic N) is 3. The lowest BCUT2D eigenvalue weighted by Gasteiger charge is -2.23. The van der Waals surface area contributed by atoms with Crippen molar-refractivity contribution in [1.82, 2.24) is 20.1 Å². The third-order valence-electron chi connectivity index (χ3n) is 5.57. The first-order chi connectivity index (χ1) is 15.5. The first kappa shape index (κ1) is 23.1. The van der Waals surface area contributed by atoms with Crippen LogP contribution in [0.1, 0.15) is 49.2 Å². The molecule has 8 nitrogen and oxygen atoms in total. The number of alkyl halides is 2. The second kappa shape index (κ2) is 8.36. The van der Waals surface area contributed by atoms with Crippen LogP contribution in [0, 0.1) is 0 Å². The van der Waals surface area contributed by atoms with E-state index < -0.39 is 27.9 Å². The van der Waals surface area contributed by atoms with E-state index in [4.69, 9.17) is 0 Å². The van der Waals surface area contributed by atoms with E-state index in [0.717, 1.165) is 0 Å². The fourth-order valence-electron chi connectivity index (χ4n) is 4.00. The van der Waals surface area contributed by atoms with Crippen molar-refractivity contribution < 1.29 is 26.7 Å². The molecule has 1 unspecified atom stereocenters. The van der Waals surface area contributed by atoms with Gasteiger partial charge in [0.1, 0.15) is 5.75 Å². The first-order valence-corrected chi connectivity index (χ1v) is 12.3. The molecule has 0 radical (unpaired) electrons. The number of halogens is 2. The van der Waals surface area contributed by atoms with Gasteiger partial charge in [0.2, 0.25) is 0 Å². The van der Waals surface area contributed by atoms with Crippen LogP contribution >= 0.6 is 0 Å². The Hall–Kier alpha value is -3.08. The van der Waals surface area contributed by atoms with Crippen LogP contribution in [-0.2, 0) is 9.84 Å². The number of rotatable bonds is 6. The zero-order valence-electron chi connectivity index (χ0n) is 18.4. The fraction of sp³-hybridized carbons (Fsp3) is 0.409. The van der Waals surface area contributed by atoms with Gasteiger partial charge in [0, 0.05) is 17.6 Å². The Morgan fingerprint density at radius 1 is 1.27 bits per heavy atom. The van der Waals surface area contributed by atoms with Gasteiger partial charge in [-0.25, -0.2) is 18.1 Å². The summed E-state index contributed by atoms with van der Waals surface area (Å²) >= 11 is 0. The molecule has 176 valence electrons. The van der Waals surface area contributed by atoms with Gasteiger partial charge in [-0.3, -0.25) is 4.79 Å². The van der Waals surface area contributed by atoms with Crippen LogP contribution in [0.25, 0.3) is 16.7 Å². The summed E-state index contributed by atoms with van der Waals surface area (Å²) in [5.41, 5.74) is 1.07. The summed E-state index contributed by atoms with van der Waals surface area (Å²) in [6, 6.07) is 7.80. The highest BCUT2D eigenvalue weighted by Gasteiger charge is 2.39. The molecule has 0 saturated carbocycles. The summed E-state index contributed by atoms with van der Waals surface area (Å²) in [7, 11) is -3.17. The van der Waals surface area contributed by atoms with Gasteiger partial charge in [-0.05, 0) is 37.5 Å². The number of fused-ring (bicyclic) bond motifs is 1. The molecule has 1 amide bonds. The normalized spacial score (nSPS) is 20.0. The summed E-state index contributed by atoms with van der Waals surface area (Å²) in [4.78, 5) is 17.3. The first-order valence-electron chi connectivity index (χ1n) is 10.4. The van der Waals surface area contributed by atoms with E-state index in [2.05, 4.69) is 20.1 Å². The molecule has 1 saturated heterocycles. The molecule has 1 aliphatic rings. The highest BCUT2D eigenvalue weighted by atomic mass is 32.2. The Morgan fingerprint density at radius 3 is 2.67 bits per heavy atom. The Balaban J connectivity index is 1.71. The van der Waals surface area contributed by atoms with E-state index in [1.807, 2.05) is 13.8 Å². The number of carbonyl (C=O) groups excluding carboxylic acids is 1. The van der Waals surface area contributed by atoms with Crippen molar-refractivity contribution in [3.63, 3.8) is 0 Å². The monoisotopic (exact) mass is 478 g/mol. The molecule has 2 aromatic heterocycles. The van der Waals surface area contributed by atoms with Gasteiger partial charge >= 0.3 is 6.61 Å². The van der Waals surface area contributed by atoms with Crippen LogP contribution in [0.5, 0.6) is 5.75 Å². The molecule has 33 heavy (non-hydrogen) atoms. The van der Waals surface area contributed by atoms with Crippen LogP contribution < -0.4 is 10.1 Å². The maximum atomic E-state index is 12.9. The van der Waals surface area contributed by atoms with Crippen molar-refractivity contribution in [2.75, 3.05) is 11.5 Å². The minimum Gasteiger partial charge on any atom is -0.435 e. The predicted molar refractivity (Wildman–Crippen MR) is 119 cm³/mol. The van der Waals surface area contributed by atoms with Crippen LogP contribution in [0.15, 0.2) is 36.5 Å². The van der Waals surface area contributed by atoms with Crippen molar-refractivity contribution in [3.05, 3.63) is 47.8 Å². The Bertz CT molecular complexity index is 1320. The number of benzene rings is 1. The van der Waals surface area contributed by atoms with Gasteiger partial charge in [0.25, 0.3) is 5.91 Å². The van der Waals surface area contributed by atoms with E-state index in [1.54, 1.807) is 25.1 Å². The molecular formula is C22H24F2N4O4S. The number of aromatic nitrogens is 3. The molecule has 1 aromatic carbocycles. The van der Waals surface area contributed by atoms with Crippen LogP contribution in [0.4, 0.5) is 8.78 Å². The molecule has 0 bridgehead atoms. The lowest BCUT2D eigenvalue weighted by Crippen LogP contribution is -2.46. The molecular weight excluding hydrogens is 454 g/mol. The SMILES string of the molecule is CC(C)c1nn(-c2cccc(OC(F)F)c2)c2ncc(C(=O)NC3(C)CCS(=O)(=O)C3)cc12. The molecule has 11 heteroatoms. The minimum absolute atomic E-state index is 0.00648. The number of pyridine rings is 1. The molecule has 4 rings (SSSR count). The Kier molecular flexibility index (Phi) is 5.85. The van der Waals surface area contributed by atoms with Crippen molar-refractivity contribution in [2.24, 2.45) is 0 Å². The number of nitrogens with one attached hydrogen (secondary N) is 1. The smallest absolute Gasteiger partial charge is 0.387 e. The second-order valence-corrected chi connectivity index (χ2v) is 11.0. The molecule has 1 atom stereocenters. The van der Waals surface area contributed by atoms with Crippen LogP contribution in [0.2, 0.25) is 0 Å². The van der Waals surface area contributed by atoms with E-state index in [9.17, 15) is 22.0 Å². The minimum atomic E-state index is -3.17. The Labute approximate surface area is 189 Å². The highest BCUT2D eigenvalue weighted by Crippen LogP contribution is 2.29. The van der Waals surface area contributed by atoms with Gasteiger partial charge < -0.3 is 10.1 Å². The summed E-state index contributed by atoms with van der Waals surface area (Å²) in [5, 5.41) is 8.09. The lowest BCUT2D eigenvalue weighted by molar-refractivity contribution is -0.0498. The molecule has 3 heterocycles. The number of sulfone groups is 1. The second-order valence-electron chi connectivity index (χ2n) is 8.78. The maximum absolute atomic E-state index is 12.9. The molecule has 0 aliphatic carbocycles. The molecule has 0 spiro atoms. The number of hydrogen-bond acceptors (Lipinski definition) is 6. The molecule has 3 aromatic rings. The summed E-state index contributed by atoms with van der Waals surface area (Å²) in [5.74, 6) is -0.494. The fourth-order valence-corrected chi connectivity index (χ4v) is 6.09. The van der Waals surface area contributed by atoms with Crippen molar-refractivity contribution in [2.45, 2.75) is 45.3 Å². The third kappa shape index (κ3) is 4.82. The van der Waals surface area contributed by atoms with E-state index in [0.29, 0.717) is 28.8 Å². The number of hydrogen-bond donors (Lipinski definition) is 1. The van der Waals surface area contributed by atoms with Gasteiger partial charge in [-0.15, -0.1) is 0 Å². The van der Waals surface area contributed by atoms with Crippen LogP contribution in [0.3, 0.4) is 0 Å². The average molecular weight is 479 g/mol. The zero-order valence-corrected chi connectivity index (χ0v) is 19.2. The number of carbonyl (C=O) groups is 1. The predicted octanol–water partition coefficient (Wildman–Crippen LogP) is 3.45. The van der Waals surface area contributed by atoms with E-state index >= 15 is 0 Å². The standard InChI is InChI=1S/C22H24F2N4O4S/c1-13(2)18-17-9-14(20(29)26-22(3)7-8-33(30,31)12-22)11-25-19(17)28(27-18)15-5-4-6-16(10-15)32-21(23)24/h4-6,9-11,13,21H,7-8,12H2,1-3H3,(H,26,29). The number of ether oxygens (including phenoxy) is 1. The lowest BCUT2D eigenvalue weighted by atomic mass is 10.0. The largest absolute Gasteiger partial charge is 0.435 e. The zero-order chi connectivity index (χ0) is 24.0. The van der Waals surface area contributed by atoms with E-state index in [1.165, 1.54) is 23.0 Å². The third-order valence-corrected chi connectivity index (χ3v) is 7.47. The molecule has 1 aliphatic heterocycles. The summed E-state index contributed by atoms with van der Waals surface area (Å²) in [6.45, 7) is 2.66. The summed E-state index contributed by atoms with van der Waals surface area (Å²) < 4.78 is 55.0. The van der Waals surface area contributed by atoms with Gasteiger partial charge in [-0.2, -0.15) is 13.9 Å². The van der Waals surface area contributed by atoms with Crippen LogP contribution in [-0.4, -0.2) is 52.7 Å². The highest BCUT2D eigenvalue weighted by molar-refractivity contribution is 7.91. The topological polar surface area (TPSA) is 103 Å². The van der Waals surface area contributed by atoms with Crippen molar-refractivity contribution in [1.29, 1.82) is 0 Å². The van der Waals surface area contributed by atoms with Crippen molar-refractivity contribution >= 4 is 26.8 Å². The van der Waals surface area contributed by atoms with Gasteiger partial charge in [-0.1, -0.05) is 19.9 Å². The maximum Gasteiger partial charge on any atom is 0.387 e.